The van der Waals surface area contributed by atoms with Gasteiger partial charge in [0.15, 0.2) is 0 Å². The van der Waals surface area contributed by atoms with Gasteiger partial charge < -0.3 is 4.74 Å². The summed E-state index contributed by atoms with van der Waals surface area (Å²) in [7, 11) is 0. The van der Waals surface area contributed by atoms with Gasteiger partial charge in [0.05, 0.1) is 0 Å². The molecule has 0 atom stereocenters. The van der Waals surface area contributed by atoms with Gasteiger partial charge in [-0.1, -0.05) is 77.2 Å². The number of unbranched alkanes of at least 4 members (excludes halogenated alkanes) is 10. The molecule has 0 amide bonds. The second-order valence-corrected chi connectivity index (χ2v) is 8.50. The summed E-state index contributed by atoms with van der Waals surface area (Å²) in [5, 5.41) is 0. The third-order valence-corrected chi connectivity index (χ3v) is 5.84. The monoisotopic (exact) mass is 393 g/mol. The van der Waals surface area contributed by atoms with E-state index in [1.807, 2.05) is 23.9 Å². The number of hydrogen-bond donors (Lipinski definition) is 0. The van der Waals surface area contributed by atoms with Gasteiger partial charge in [-0.2, -0.15) is 11.8 Å². The summed E-state index contributed by atoms with van der Waals surface area (Å²) in [6, 6.07) is 3.78. The highest BCUT2D eigenvalue weighted by Gasteiger charge is 2.03. The van der Waals surface area contributed by atoms with Gasteiger partial charge in [0.1, 0.15) is 6.61 Å². The molecule has 0 saturated heterocycles. The first-order chi connectivity index (χ1) is 13.3. The van der Waals surface area contributed by atoms with Crippen LogP contribution in [0.25, 0.3) is 0 Å². The topological polar surface area (TPSA) is 39.2 Å². The van der Waals surface area contributed by atoms with Crippen LogP contribution in [0.5, 0.6) is 0 Å². The van der Waals surface area contributed by atoms with Gasteiger partial charge in [0.25, 0.3) is 0 Å². The lowest BCUT2D eigenvalue weighted by atomic mass is 10.1. The van der Waals surface area contributed by atoms with Gasteiger partial charge in [-0.25, -0.2) is 0 Å². The van der Waals surface area contributed by atoms with Crippen molar-refractivity contribution in [2.75, 3.05) is 11.5 Å². The van der Waals surface area contributed by atoms with Gasteiger partial charge in [-0.15, -0.1) is 0 Å². The summed E-state index contributed by atoms with van der Waals surface area (Å²) in [5.41, 5.74) is 0.941. The Morgan fingerprint density at radius 2 is 1.56 bits per heavy atom. The number of rotatable bonds is 18. The van der Waals surface area contributed by atoms with Crippen molar-refractivity contribution >= 4 is 17.7 Å². The number of carbonyl (C=O) groups is 1. The molecule has 154 valence electrons. The SMILES string of the molecule is CCCCCCCCCCCCCSCCCC(=O)OCc1cccnc1. The highest BCUT2D eigenvalue weighted by atomic mass is 32.2. The fourth-order valence-electron chi connectivity index (χ4n) is 3.01. The Bertz CT molecular complexity index is 453. The molecule has 27 heavy (non-hydrogen) atoms. The van der Waals surface area contributed by atoms with E-state index in [1.54, 1.807) is 12.4 Å². The van der Waals surface area contributed by atoms with E-state index in [4.69, 9.17) is 4.74 Å². The van der Waals surface area contributed by atoms with Crippen molar-refractivity contribution in [2.45, 2.75) is 97.0 Å². The fourth-order valence-corrected chi connectivity index (χ4v) is 3.97. The van der Waals surface area contributed by atoms with Crippen LogP contribution in [0.15, 0.2) is 24.5 Å². The summed E-state index contributed by atoms with van der Waals surface area (Å²) < 4.78 is 5.26. The van der Waals surface area contributed by atoms with E-state index in [-0.39, 0.29) is 5.97 Å². The third-order valence-electron chi connectivity index (χ3n) is 4.68. The maximum Gasteiger partial charge on any atom is 0.306 e. The van der Waals surface area contributed by atoms with Crippen molar-refractivity contribution in [3.8, 4) is 0 Å². The average molecular weight is 394 g/mol. The molecule has 0 N–H and O–H groups in total. The first-order valence-electron chi connectivity index (χ1n) is 10.9. The van der Waals surface area contributed by atoms with E-state index in [0.29, 0.717) is 13.0 Å². The zero-order chi connectivity index (χ0) is 19.4. The normalized spacial score (nSPS) is 10.9. The largest absolute Gasteiger partial charge is 0.461 e. The smallest absolute Gasteiger partial charge is 0.306 e. The van der Waals surface area contributed by atoms with Crippen LogP contribution in [0.2, 0.25) is 0 Å². The molecule has 0 saturated carbocycles. The second-order valence-electron chi connectivity index (χ2n) is 7.27. The van der Waals surface area contributed by atoms with E-state index in [0.717, 1.165) is 17.7 Å². The minimum atomic E-state index is -0.103. The van der Waals surface area contributed by atoms with Crippen LogP contribution < -0.4 is 0 Å². The Balaban J connectivity index is 1.77. The molecule has 1 heterocycles. The Morgan fingerprint density at radius 1 is 0.926 bits per heavy atom. The summed E-state index contributed by atoms with van der Waals surface area (Å²) in [4.78, 5) is 15.7. The van der Waals surface area contributed by atoms with Gasteiger partial charge >= 0.3 is 5.97 Å². The average Bonchev–Trinajstić information content (AvgIpc) is 2.70. The zero-order valence-electron chi connectivity index (χ0n) is 17.3. The number of carbonyl (C=O) groups excluding carboxylic acids is 1. The quantitative estimate of drug-likeness (QED) is 0.200. The number of pyridine rings is 1. The van der Waals surface area contributed by atoms with Crippen molar-refractivity contribution < 1.29 is 9.53 Å². The Morgan fingerprint density at radius 3 is 2.19 bits per heavy atom. The van der Waals surface area contributed by atoms with E-state index >= 15 is 0 Å². The molecular formula is C23H39NO2S. The maximum atomic E-state index is 11.7. The summed E-state index contributed by atoms with van der Waals surface area (Å²) in [6.45, 7) is 2.61. The van der Waals surface area contributed by atoms with Crippen LogP contribution in [0, 0.1) is 0 Å². The van der Waals surface area contributed by atoms with Crippen LogP contribution in [0.3, 0.4) is 0 Å². The van der Waals surface area contributed by atoms with Crippen molar-refractivity contribution in [2.24, 2.45) is 0 Å². The number of ether oxygens (including phenoxy) is 1. The van der Waals surface area contributed by atoms with Crippen LogP contribution in [0.1, 0.15) is 96.0 Å². The van der Waals surface area contributed by atoms with Gasteiger partial charge in [0, 0.05) is 24.4 Å². The standard InChI is InChI=1S/C23H39NO2S/c1-2-3-4-5-6-7-8-9-10-11-12-18-27-19-14-16-23(25)26-21-22-15-13-17-24-20-22/h13,15,17,20H,2-12,14,16,18-19,21H2,1H3. The number of aromatic nitrogens is 1. The van der Waals surface area contributed by atoms with Crippen LogP contribution in [-0.2, 0) is 16.1 Å². The third kappa shape index (κ3) is 15.7. The first-order valence-corrected chi connectivity index (χ1v) is 12.1. The minimum Gasteiger partial charge on any atom is -0.461 e. The lowest BCUT2D eigenvalue weighted by molar-refractivity contribution is -0.144. The molecule has 1 aromatic rings. The Labute approximate surface area is 171 Å². The molecule has 0 aliphatic rings. The highest BCUT2D eigenvalue weighted by molar-refractivity contribution is 7.99. The molecule has 0 aromatic carbocycles. The van der Waals surface area contributed by atoms with Gasteiger partial charge in [-0.3, -0.25) is 9.78 Å². The molecular weight excluding hydrogens is 354 g/mol. The number of hydrogen-bond acceptors (Lipinski definition) is 4. The van der Waals surface area contributed by atoms with E-state index in [1.165, 1.54) is 76.4 Å². The summed E-state index contributed by atoms with van der Waals surface area (Å²) in [5.74, 6) is 2.18. The maximum absolute atomic E-state index is 11.7. The molecule has 0 aliphatic carbocycles. The van der Waals surface area contributed by atoms with E-state index in [9.17, 15) is 4.79 Å². The van der Waals surface area contributed by atoms with E-state index < -0.39 is 0 Å². The van der Waals surface area contributed by atoms with E-state index in [2.05, 4.69) is 11.9 Å². The van der Waals surface area contributed by atoms with Gasteiger partial charge in [0.2, 0.25) is 0 Å². The first kappa shape index (κ1) is 24.0. The van der Waals surface area contributed by atoms with Gasteiger partial charge in [-0.05, 0) is 30.4 Å². The zero-order valence-corrected chi connectivity index (χ0v) is 18.1. The van der Waals surface area contributed by atoms with Crippen molar-refractivity contribution in [3.05, 3.63) is 30.1 Å². The number of thioether (sulfide) groups is 1. The fraction of sp³-hybridized carbons (Fsp3) is 0.739. The highest BCUT2D eigenvalue weighted by Crippen LogP contribution is 2.13. The predicted molar refractivity (Wildman–Crippen MR) is 117 cm³/mol. The summed E-state index contributed by atoms with van der Waals surface area (Å²) in [6.07, 6.45) is 20.2. The minimum absolute atomic E-state index is 0.103. The number of esters is 1. The molecule has 4 heteroatoms. The molecule has 0 radical (unpaired) electrons. The molecule has 0 unspecified atom stereocenters. The Kier molecular flexibility index (Phi) is 16.3. The Hall–Kier alpha value is -1.03. The molecule has 3 nitrogen and oxygen atoms in total. The molecule has 1 rings (SSSR count). The van der Waals surface area contributed by atoms with Crippen LogP contribution in [-0.4, -0.2) is 22.5 Å². The van der Waals surface area contributed by atoms with Crippen LogP contribution >= 0.6 is 11.8 Å². The molecule has 0 spiro atoms. The molecule has 1 aromatic heterocycles. The lowest BCUT2D eigenvalue weighted by Crippen LogP contribution is -2.05. The predicted octanol–water partition coefficient (Wildman–Crippen LogP) is 6.95. The lowest BCUT2D eigenvalue weighted by Gasteiger charge is -2.05. The van der Waals surface area contributed by atoms with Crippen molar-refractivity contribution in [3.63, 3.8) is 0 Å². The second kappa shape index (κ2) is 18.3. The summed E-state index contributed by atoms with van der Waals surface area (Å²) >= 11 is 1.97. The molecule has 0 bridgehead atoms. The van der Waals surface area contributed by atoms with Crippen molar-refractivity contribution in [1.82, 2.24) is 4.98 Å². The molecule has 0 fully saturated rings. The molecule has 0 aliphatic heterocycles. The number of nitrogens with zero attached hydrogens (tertiary/aromatic N) is 1. The van der Waals surface area contributed by atoms with Crippen molar-refractivity contribution in [1.29, 1.82) is 0 Å². The van der Waals surface area contributed by atoms with Crippen LogP contribution in [0.4, 0.5) is 0 Å².